The quantitative estimate of drug-likeness (QED) is 0.701. The Bertz CT molecular complexity index is 948. The van der Waals surface area contributed by atoms with Crippen molar-refractivity contribution >= 4 is 28.6 Å². The number of nitrogens with one attached hydrogen (secondary N) is 2. The van der Waals surface area contributed by atoms with Crippen LogP contribution in [-0.4, -0.2) is 22.8 Å². The first-order chi connectivity index (χ1) is 12.9. The summed E-state index contributed by atoms with van der Waals surface area (Å²) in [5.41, 5.74) is 2.87. The van der Waals surface area contributed by atoms with Crippen molar-refractivity contribution in [1.82, 2.24) is 10.3 Å². The van der Waals surface area contributed by atoms with Crippen LogP contribution < -0.4 is 10.6 Å². The minimum Gasteiger partial charge on any atom is -0.441 e. The highest BCUT2D eigenvalue weighted by molar-refractivity contribution is 5.98. The molecule has 27 heavy (non-hydrogen) atoms. The molecule has 3 rings (SSSR count). The lowest BCUT2D eigenvalue weighted by molar-refractivity contribution is -0.127. The third-order valence-corrected chi connectivity index (χ3v) is 4.24. The summed E-state index contributed by atoms with van der Waals surface area (Å²) in [6.07, 6.45) is 0.238. The van der Waals surface area contributed by atoms with Gasteiger partial charge in [0.2, 0.25) is 11.8 Å². The molecule has 0 unspecified atom stereocenters. The lowest BCUT2D eigenvalue weighted by atomic mass is 10.0. The zero-order valence-corrected chi connectivity index (χ0v) is 15.7. The van der Waals surface area contributed by atoms with Gasteiger partial charge in [0.1, 0.15) is 11.6 Å². The molecule has 2 aromatic carbocycles. The summed E-state index contributed by atoms with van der Waals surface area (Å²) < 4.78 is 5.44. The fraction of sp³-hybridized carbons (Fsp3) is 0.286. The van der Waals surface area contributed by atoms with Gasteiger partial charge in [0.15, 0.2) is 11.5 Å². The second-order valence-corrected chi connectivity index (χ2v) is 6.86. The van der Waals surface area contributed by atoms with Gasteiger partial charge >= 0.3 is 0 Å². The number of oxazole rings is 1. The van der Waals surface area contributed by atoms with Gasteiger partial charge in [0.05, 0.1) is 6.42 Å². The molecule has 0 fully saturated rings. The Labute approximate surface area is 158 Å². The molecule has 1 atom stereocenters. The van der Waals surface area contributed by atoms with Gasteiger partial charge in [-0.1, -0.05) is 44.2 Å². The fourth-order valence-electron chi connectivity index (χ4n) is 2.88. The van der Waals surface area contributed by atoms with Crippen molar-refractivity contribution in [2.45, 2.75) is 33.2 Å². The van der Waals surface area contributed by atoms with Crippen LogP contribution in [0.3, 0.4) is 0 Å². The van der Waals surface area contributed by atoms with Gasteiger partial charge in [0, 0.05) is 12.6 Å². The molecular formula is C21H23N3O3. The van der Waals surface area contributed by atoms with Crippen molar-refractivity contribution in [3.8, 4) is 0 Å². The van der Waals surface area contributed by atoms with Gasteiger partial charge in [0.25, 0.3) is 0 Å². The Balaban J connectivity index is 1.67. The summed E-state index contributed by atoms with van der Waals surface area (Å²) in [7, 11) is 0. The largest absolute Gasteiger partial charge is 0.441 e. The minimum atomic E-state index is -0.629. The number of carbonyl (C=O) groups excluding carboxylic acids is 2. The number of benzene rings is 2. The van der Waals surface area contributed by atoms with E-state index in [1.54, 1.807) is 25.1 Å². The Morgan fingerprint density at radius 1 is 1.11 bits per heavy atom. The predicted molar refractivity (Wildman–Crippen MR) is 104 cm³/mol. The molecule has 0 aliphatic rings. The van der Waals surface area contributed by atoms with Crippen molar-refractivity contribution in [3.05, 3.63) is 60.0 Å². The molecule has 1 aromatic heterocycles. The summed E-state index contributed by atoms with van der Waals surface area (Å²) >= 11 is 0. The molecule has 0 aliphatic heterocycles. The van der Waals surface area contributed by atoms with Crippen LogP contribution in [0.2, 0.25) is 0 Å². The normalized spacial score (nSPS) is 12.1. The van der Waals surface area contributed by atoms with Crippen molar-refractivity contribution in [2.75, 3.05) is 5.32 Å². The molecule has 1 heterocycles. The van der Waals surface area contributed by atoms with Gasteiger partial charge in [-0.25, -0.2) is 4.98 Å². The van der Waals surface area contributed by atoms with Crippen LogP contribution in [0.5, 0.6) is 0 Å². The third-order valence-electron chi connectivity index (χ3n) is 4.24. The highest BCUT2D eigenvalue weighted by Crippen LogP contribution is 2.20. The SMILES string of the molecule is Cc1nc2cc(NC(=O)[C@H](NC(=O)Cc3ccccc3)C(C)C)ccc2o1. The highest BCUT2D eigenvalue weighted by atomic mass is 16.3. The number of aromatic nitrogens is 1. The maximum Gasteiger partial charge on any atom is 0.247 e. The van der Waals surface area contributed by atoms with Crippen molar-refractivity contribution < 1.29 is 14.0 Å². The van der Waals surface area contributed by atoms with Gasteiger partial charge in [-0.3, -0.25) is 9.59 Å². The van der Waals surface area contributed by atoms with Crippen LogP contribution in [0.1, 0.15) is 25.3 Å². The molecular weight excluding hydrogens is 342 g/mol. The molecule has 0 spiro atoms. The molecule has 0 radical (unpaired) electrons. The Morgan fingerprint density at radius 3 is 2.56 bits per heavy atom. The number of aryl methyl sites for hydroxylation is 1. The average molecular weight is 365 g/mol. The van der Waals surface area contributed by atoms with E-state index in [0.29, 0.717) is 22.7 Å². The highest BCUT2D eigenvalue weighted by Gasteiger charge is 2.24. The van der Waals surface area contributed by atoms with Crippen LogP contribution in [0.15, 0.2) is 52.9 Å². The minimum absolute atomic E-state index is 0.0530. The van der Waals surface area contributed by atoms with Gasteiger partial charge < -0.3 is 15.1 Å². The Hall–Kier alpha value is -3.15. The first-order valence-electron chi connectivity index (χ1n) is 8.93. The predicted octanol–water partition coefficient (Wildman–Crippen LogP) is 3.46. The zero-order chi connectivity index (χ0) is 19.4. The Morgan fingerprint density at radius 2 is 1.85 bits per heavy atom. The lowest BCUT2D eigenvalue weighted by Gasteiger charge is -2.21. The molecule has 0 saturated heterocycles. The van der Waals surface area contributed by atoms with Crippen molar-refractivity contribution in [1.29, 1.82) is 0 Å². The molecule has 0 bridgehead atoms. The lowest BCUT2D eigenvalue weighted by Crippen LogP contribution is -2.47. The van der Waals surface area contributed by atoms with Crippen LogP contribution >= 0.6 is 0 Å². The first kappa shape index (κ1) is 18.6. The second-order valence-electron chi connectivity index (χ2n) is 6.86. The molecule has 2 amide bonds. The Kier molecular flexibility index (Phi) is 5.54. The molecule has 6 heteroatoms. The monoisotopic (exact) mass is 365 g/mol. The maximum atomic E-state index is 12.7. The van der Waals surface area contributed by atoms with Crippen molar-refractivity contribution in [3.63, 3.8) is 0 Å². The fourth-order valence-corrected chi connectivity index (χ4v) is 2.88. The van der Waals surface area contributed by atoms with Crippen LogP contribution in [0.4, 0.5) is 5.69 Å². The summed E-state index contributed by atoms with van der Waals surface area (Å²) in [5, 5.41) is 5.70. The average Bonchev–Trinajstić information content (AvgIpc) is 2.99. The molecule has 140 valence electrons. The summed E-state index contributed by atoms with van der Waals surface area (Å²) in [6.45, 7) is 5.57. The van der Waals surface area contributed by atoms with Crippen molar-refractivity contribution in [2.24, 2.45) is 5.92 Å². The molecule has 0 aliphatic carbocycles. The van der Waals surface area contributed by atoms with Crippen LogP contribution in [0, 0.1) is 12.8 Å². The van der Waals surface area contributed by atoms with E-state index < -0.39 is 6.04 Å². The molecule has 2 N–H and O–H groups in total. The van der Waals surface area contributed by atoms with E-state index in [4.69, 9.17) is 4.42 Å². The number of fused-ring (bicyclic) bond motifs is 1. The topological polar surface area (TPSA) is 84.2 Å². The number of hydrogen-bond acceptors (Lipinski definition) is 4. The number of rotatable bonds is 6. The summed E-state index contributed by atoms with van der Waals surface area (Å²) in [5.74, 6) is 0.0769. The van der Waals surface area contributed by atoms with E-state index in [2.05, 4.69) is 15.6 Å². The zero-order valence-electron chi connectivity index (χ0n) is 15.7. The second kappa shape index (κ2) is 8.03. The molecule has 0 saturated carbocycles. The number of carbonyl (C=O) groups is 2. The van der Waals surface area contributed by atoms with Gasteiger partial charge in [-0.15, -0.1) is 0 Å². The smallest absolute Gasteiger partial charge is 0.247 e. The van der Waals surface area contributed by atoms with E-state index in [1.165, 1.54) is 0 Å². The standard InChI is InChI=1S/C21H23N3O3/c1-13(2)20(24-19(25)11-15-7-5-4-6-8-15)21(26)23-16-9-10-18-17(12-16)22-14(3)27-18/h4-10,12-13,20H,11H2,1-3H3,(H,23,26)(H,24,25)/t20-/m1/s1. The van der Waals surface area contributed by atoms with E-state index in [-0.39, 0.29) is 24.2 Å². The number of amides is 2. The molecule has 3 aromatic rings. The van der Waals surface area contributed by atoms with Gasteiger partial charge in [-0.2, -0.15) is 0 Å². The summed E-state index contributed by atoms with van der Waals surface area (Å²) in [4.78, 5) is 29.3. The van der Waals surface area contributed by atoms with Crippen LogP contribution in [-0.2, 0) is 16.0 Å². The van der Waals surface area contributed by atoms with E-state index in [1.807, 2.05) is 44.2 Å². The number of hydrogen-bond donors (Lipinski definition) is 2. The maximum absolute atomic E-state index is 12.7. The first-order valence-corrected chi connectivity index (χ1v) is 8.93. The number of anilines is 1. The van der Waals surface area contributed by atoms with E-state index >= 15 is 0 Å². The van der Waals surface area contributed by atoms with Crippen LogP contribution in [0.25, 0.3) is 11.1 Å². The number of nitrogens with zero attached hydrogens (tertiary/aromatic N) is 1. The summed E-state index contributed by atoms with van der Waals surface area (Å²) in [6, 6.07) is 14.1. The third kappa shape index (κ3) is 4.73. The van der Waals surface area contributed by atoms with Gasteiger partial charge in [-0.05, 0) is 29.7 Å². The van der Waals surface area contributed by atoms with E-state index in [9.17, 15) is 9.59 Å². The van der Waals surface area contributed by atoms with E-state index in [0.717, 1.165) is 5.56 Å². The molecule has 6 nitrogen and oxygen atoms in total.